The highest BCUT2D eigenvalue weighted by Crippen LogP contribution is 2.19. The first-order valence-corrected chi connectivity index (χ1v) is 9.77. The van der Waals surface area contributed by atoms with Crippen LogP contribution in [0.3, 0.4) is 0 Å². The quantitative estimate of drug-likeness (QED) is 0.700. The average molecular weight is 378 g/mol. The van der Waals surface area contributed by atoms with Gasteiger partial charge in [-0.25, -0.2) is 15.0 Å². The lowest BCUT2D eigenvalue weighted by atomic mass is 10.2. The Balaban J connectivity index is 1.46. The fourth-order valence-corrected chi connectivity index (χ4v) is 3.82. The van der Waals surface area contributed by atoms with Crippen molar-refractivity contribution in [2.75, 3.05) is 31.1 Å². The molecule has 4 heterocycles. The maximum absolute atomic E-state index is 13.0. The zero-order valence-corrected chi connectivity index (χ0v) is 16.7. The van der Waals surface area contributed by atoms with E-state index in [2.05, 4.69) is 19.9 Å². The lowest BCUT2D eigenvalue weighted by molar-refractivity contribution is -0.130. The van der Waals surface area contributed by atoms with Gasteiger partial charge in [-0.1, -0.05) is 6.07 Å². The molecule has 0 atom stereocenters. The summed E-state index contributed by atoms with van der Waals surface area (Å²) < 4.78 is 2.02. The minimum Gasteiger partial charge on any atom is -0.354 e. The first kappa shape index (κ1) is 18.4. The summed E-state index contributed by atoms with van der Waals surface area (Å²) in [6, 6.07) is 4.03. The number of carbonyl (C=O) groups excluding carboxylic acids is 1. The molecule has 0 spiro atoms. The van der Waals surface area contributed by atoms with Crippen molar-refractivity contribution in [3.8, 4) is 0 Å². The van der Waals surface area contributed by atoms with Gasteiger partial charge in [0.15, 0.2) is 0 Å². The Kier molecular flexibility index (Phi) is 4.98. The van der Waals surface area contributed by atoms with Crippen LogP contribution in [0.25, 0.3) is 5.65 Å². The van der Waals surface area contributed by atoms with Crippen LogP contribution < -0.4 is 4.90 Å². The topological polar surface area (TPSA) is 66.6 Å². The molecule has 3 aromatic heterocycles. The van der Waals surface area contributed by atoms with Crippen molar-refractivity contribution in [3.05, 3.63) is 53.4 Å². The van der Waals surface area contributed by atoms with Gasteiger partial charge in [0, 0.05) is 50.3 Å². The molecule has 4 rings (SSSR count). The Labute approximate surface area is 165 Å². The number of anilines is 1. The lowest BCUT2D eigenvalue weighted by Gasteiger charge is -2.24. The Hall–Kier alpha value is -2.96. The summed E-state index contributed by atoms with van der Waals surface area (Å²) in [5.41, 5.74) is 4.04. The number of rotatable bonds is 3. The van der Waals surface area contributed by atoms with E-state index in [4.69, 9.17) is 0 Å². The SMILES string of the molecule is Cc1ncc(C)c(N2CCCN(C(=O)Cc3cnc4c(C)cccn34)CC2)n1. The normalized spacial score (nSPS) is 15.1. The molecule has 3 aromatic rings. The number of imidazole rings is 1. The Morgan fingerprint density at radius 1 is 1.04 bits per heavy atom. The minimum atomic E-state index is 0.153. The van der Waals surface area contributed by atoms with Crippen molar-refractivity contribution in [2.45, 2.75) is 33.6 Å². The minimum absolute atomic E-state index is 0.153. The Bertz CT molecular complexity index is 1010. The molecule has 146 valence electrons. The third kappa shape index (κ3) is 3.56. The van der Waals surface area contributed by atoms with Crippen LogP contribution in [-0.2, 0) is 11.2 Å². The maximum atomic E-state index is 13.0. The van der Waals surface area contributed by atoms with Gasteiger partial charge in [0.2, 0.25) is 5.91 Å². The lowest BCUT2D eigenvalue weighted by Crippen LogP contribution is -2.36. The van der Waals surface area contributed by atoms with Crippen molar-refractivity contribution >= 4 is 17.4 Å². The fourth-order valence-electron chi connectivity index (χ4n) is 3.82. The van der Waals surface area contributed by atoms with E-state index < -0.39 is 0 Å². The number of aryl methyl sites for hydroxylation is 3. The van der Waals surface area contributed by atoms with Crippen molar-refractivity contribution < 1.29 is 4.79 Å². The third-order valence-electron chi connectivity index (χ3n) is 5.35. The van der Waals surface area contributed by atoms with Gasteiger partial charge in [-0.3, -0.25) is 4.79 Å². The number of amides is 1. The summed E-state index contributed by atoms with van der Waals surface area (Å²) in [5.74, 6) is 1.92. The van der Waals surface area contributed by atoms with Crippen LogP contribution in [0.2, 0.25) is 0 Å². The van der Waals surface area contributed by atoms with E-state index in [1.807, 2.05) is 60.8 Å². The van der Waals surface area contributed by atoms with Crippen molar-refractivity contribution in [3.63, 3.8) is 0 Å². The predicted molar refractivity (Wildman–Crippen MR) is 109 cm³/mol. The molecule has 0 aliphatic carbocycles. The molecule has 1 amide bonds. The van der Waals surface area contributed by atoms with Crippen LogP contribution >= 0.6 is 0 Å². The molecule has 0 bridgehead atoms. The van der Waals surface area contributed by atoms with Gasteiger partial charge >= 0.3 is 0 Å². The van der Waals surface area contributed by atoms with E-state index in [1.165, 1.54) is 0 Å². The largest absolute Gasteiger partial charge is 0.354 e. The summed E-state index contributed by atoms with van der Waals surface area (Å²) in [4.78, 5) is 30.5. The van der Waals surface area contributed by atoms with Gasteiger partial charge in [-0.15, -0.1) is 0 Å². The summed E-state index contributed by atoms with van der Waals surface area (Å²) in [7, 11) is 0. The molecule has 1 fully saturated rings. The number of nitrogens with zero attached hydrogens (tertiary/aromatic N) is 6. The monoisotopic (exact) mass is 378 g/mol. The number of hydrogen-bond donors (Lipinski definition) is 0. The molecule has 7 nitrogen and oxygen atoms in total. The summed E-state index contributed by atoms with van der Waals surface area (Å²) in [6.45, 7) is 9.15. The van der Waals surface area contributed by atoms with Gasteiger partial charge in [0.05, 0.1) is 12.1 Å². The first-order valence-electron chi connectivity index (χ1n) is 9.77. The first-order chi connectivity index (χ1) is 13.5. The molecule has 0 N–H and O–H groups in total. The number of hydrogen-bond acceptors (Lipinski definition) is 5. The summed E-state index contributed by atoms with van der Waals surface area (Å²) >= 11 is 0. The molecule has 0 saturated carbocycles. The van der Waals surface area contributed by atoms with Gasteiger partial charge in [-0.2, -0.15) is 0 Å². The molecule has 28 heavy (non-hydrogen) atoms. The second-order valence-electron chi connectivity index (χ2n) is 7.46. The highest BCUT2D eigenvalue weighted by atomic mass is 16.2. The smallest absolute Gasteiger partial charge is 0.228 e. The predicted octanol–water partition coefficient (Wildman–Crippen LogP) is 2.33. The maximum Gasteiger partial charge on any atom is 0.228 e. The summed E-state index contributed by atoms with van der Waals surface area (Å²) in [5, 5.41) is 0. The number of carbonyl (C=O) groups is 1. The third-order valence-corrected chi connectivity index (χ3v) is 5.35. The van der Waals surface area contributed by atoms with Crippen LogP contribution in [0, 0.1) is 20.8 Å². The van der Waals surface area contributed by atoms with Crippen LogP contribution in [0.15, 0.2) is 30.7 Å². The Morgan fingerprint density at radius 3 is 2.75 bits per heavy atom. The summed E-state index contributed by atoms with van der Waals surface area (Å²) in [6.07, 6.45) is 6.97. The van der Waals surface area contributed by atoms with E-state index in [1.54, 1.807) is 0 Å². The molecular formula is C21H26N6O. The van der Waals surface area contributed by atoms with Gasteiger partial charge in [0.25, 0.3) is 0 Å². The molecule has 1 aliphatic heterocycles. The zero-order chi connectivity index (χ0) is 19.7. The second kappa shape index (κ2) is 7.58. The highest BCUT2D eigenvalue weighted by Gasteiger charge is 2.22. The van der Waals surface area contributed by atoms with Crippen LogP contribution in [0.4, 0.5) is 5.82 Å². The van der Waals surface area contributed by atoms with Crippen LogP contribution in [0.5, 0.6) is 0 Å². The molecule has 7 heteroatoms. The molecule has 0 unspecified atom stereocenters. The van der Waals surface area contributed by atoms with Crippen LogP contribution in [-0.4, -0.2) is 56.3 Å². The van der Waals surface area contributed by atoms with E-state index in [9.17, 15) is 4.79 Å². The highest BCUT2D eigenvalue weighted by molar-refractivity contribution is 5.78. The molecule has 1 saturated heterocycles. The average Bonchev–Trinajstić information content (AvgIpc) is 2.93. The number of fused-ring (bicyclic) bond motifs is 1. The van der Waals surface area contributed by atoms with Crippen LogP contribution in [0.1, 0.15) is 29.1 Å². The van der Waals surface area contributed by atoms with E-state index in [0.717, 1.165) is 60.2 Å². The van der Waals surface area contributed by atoms with Gasteiger partial charge < -0.3 is 14.2 Å². The van der Waals surface area contributed by atoms with Crippen molar-refractivity contribution in [1.82, 2.24) is 24.3 Å². The molecule has 0 aromatic carbocycles. The van der Waals surface area contributed by atoms with Gasteiger partial charge in [0.1, 0.15) is 17.3 Å². The zero-order valence-electron chi connectivity index (χ0n) is 16.7. The molecule has 1 aliphatic rings. The molecular weight excluding hydrogens is 352 g/mol. The fraction of sp³-hybridized carbons (Fsp3) is 0.429. The standard InChI is InChI=1S/C21H26N6O/c1-15-6-4-9-27-18(14-23-20(15)27)12-19(28)25-7-5-8-26(11-10-25)21-16(2)13-22-17(3)24-21/h4,6,9,13-14H,5,7-8,10-12H2,1-3H3. The van der Waals surface area contributed by atoms with Crippen molar-refractivity contribution in [1.29, 1.82) is 0 Å². The van der Waals surface area contributed by atoms with E-state index in [0.29, 0.717) is 13.0 Å². The van der Waals surface area contributed by atoms with Gasteiger partial charge in [-0.05, 0) is 38.8 Å². The Morgan fingerprint density at radius 2 is 1.89 bits per heavy atom. The van der Waals surface area contributed by atoms with E-state index >= 15 is 0 Å². The number of pyridine rings is 1. The number of aromatic nitrogens is 4. The van der Waals surface area contributed by atoms with E-state index in [-0.39, 0.29) is 5.91 Å². The molecule has 0 radical (unpaired) electrons. The van der Waals surface area contributed by atoms with Crippen molar-refractivity contribution in [2.24, 2.45) is 0 Å². The second-order valence-corrected chi connectivity index (χ2v) is 7.46.